The number of aromatic hydroxyl groups is 1. The zero-order valence-corrected chi connectivity index (χ0v) is 14.6. The third-order valence-electron chi connectivity index (χ3n) is 3.87. The van der Waals surface area contributed by atoms with Crippen molar-refractivity contribution in [2.75, 3.05) is 6.61 Å². The number of nitrogens with zero attached hydrogens (tertiary/aromatic N) is 1. The molecule has 2 rings (SSSR count). The van der Waals surface area contributed by atoms with Crippen LogP contribution in [0.4, 0.5) is 4.79 Å². The molecule has 1 aromatic carbocycles. The number of phenolic OH excluding ortho intramolecular Hbond substituents is 1. The standard InChI is InChI=1S/C18H27NO4/c1-17(2,3)23-16(21)19-14(12-22-18(19,4)5)9-6-13-7-10-15(20)11-8-13/h7-8,10-11,14,20H,6,9,12H2,1-5H3. The van der Waals surface area contributed by atoms with Gasteiger partial charge in [0, 0.05) is 0 Å². The lowest BCUT2D eigenvalue weighted by molar-refractivity contribution is -0.0626. The lowest BCUT2D eigenvalue weighted by Crippen LogP contribution is -2.49. The SMILES string of the molecule is CC(C)(C)OC(=O)N1C(CCc2ccc(O)cc2)COC1(C)C. The third-order valence-corrected chi connectivity index (χ3v) is 3.87. The molecule has 0 radical (unpaired) electrons. The minimum Gasteiger partial charge on any atom is -0.508 e. The van der Waals surface area contributed by atoms with E-state index in [2.05, 4.69) is 0 Å². The molecule has 1 heterocycles. The Hall–Kier alpha value is -1.75. The Balaban J connectivity index is 2.04. The van der Waals surface area contributed by atoms with Crippen molar-refractivity contribution in [1.29, 1.82) is 0 Å². The van der Waals surface area contributed by atoms with Crippen LogP contribution < -0.4 is 0 Å². The number of phenols is 1. The van der Waals surface area contributed by atoms with E-state index < -0.39 is 11.3 Å². The van der Waals surface area contributed by atoms with Crippen LogP contribution in [0.3, 0.4) is 0 Å². The summed E-state index contributed by atoms with van der Waals surface area (Å²) in [7, 11) is 0. The largest absolute Gasteiger partial charge is 0.508 e. The van der Waals surface area contributed by atoms with Crippen molar-refractivity contribution in [3.8, 4) is 5.75 Å². The summed E-state index contributed by atoms with van der Waals surface area (Å²) in [6, 6.07) is 7.13. The number of aryl methyl sites for hydroxylation is 1. The molecular formula is C18H27NO4. The molecule has 1 fully saturated rings. The first kappa shape index (κ1) is 17.6. The van der Waals surface area contributed by atoms with Crippen LogP contribution in [-0.4, -0.2) is 40.1 Å². The van der Waals surface area contributed by atoms with Crippen LogP contribution in [0.1, 0.15) is 46.6 Å². The Morgan fingerprint density at radius 1 is 1.35 bits per heavy atom. The Morgan fingerprint density at radius 3 is 2.52 bits per heavy atom. The molecule has 1 unspecified atom stereocenters. The monoisotopic (exact) mass is 321 g/mol. The van der Waals surface area contributed by atoms with E-state index in [9.17, 15) is 9.90 Å². The van der Waals surface area contributed by atoms with Gasteiger partial charge in [0.2, 0.25) is 0 Å². The number of hydrogen-bond acceptors (Lipinski definition) is 4. The topological polar surface area (TPSA) is 59.0 Å². The van der Waals surface area contributed by atoms with Crippen molar-refractivity contribution >= 4 is 6.09 Å². The van der Waals surface area contributed by atoms with Crippen molar-refractivity contribution in [3.63, 3.8) is 0 Å². The fourth-order valence-electron chi connectivity index (χ4n) is 2.77. The van der Waals surface area contributed by atoms with E-state index in [1.54, 1.807) is 17.0 Å². The molecule has 1 aromatic rings. The van der Waals surface area contributed by atoms with Gasteiger partial charge in [-0.05, 0) is 65.2 Å². The van der Waals surface area contributed by atoms with E-state index in [0.717, 1.165) is 18.4 Å². The van der Waals surface area contributed by atoms with Crippen molar-refractivity contribution < 1.29 is 19.4 Å². The van der Waals surface area contributed by atoms with E-state index >= 15 is 0 Å². The molecule has 0 saturated carbocycles. The Morgan fingerprint density at radius 2 is 1.96 bits per heavy atom. The average molecular weight is 321 g/mol. The normalized spacial score (nSPS) is 20.6. The van der Waals surface area contributed by atoms with Crippen LogP contribution in [0.2, 0.25) is 0 Å². The van der Waals surface area contributed by atoms with Crippen molar-refractivity contribution in [2.45, 2.75) is 64.8 Å². The number of amides is 1. The minimum atomic E-state index is -0.665. The second-order valence-electron chi connectivity index (χ2n) is 7.47. The maximum Gasteiger partial charge on any atom is 0.412 e. The molecule has 23 heavy (non-hydrogen) atoms. The first-order valence-corrected chi connectivity index (χ1v) is 8.03. The number of carbonyl (C=O) groups excluding carboxylic acids is 1. The highest BCUT2D eigenvalue weighted by molar-refractivity contribution is 5.69. The summed E-state index contributed by atoms with van der Waals surface area (Å²) < 4.78 is 11.3. The van der Waals surface area contributed by atoms with Gasteiger partial charge in [-0.25, -0.2) is 4.79 Å². The summed E-state index contributed by atoms with van der Waals surface area (Å²) >= 11 is 0. The van der Waals surface area contributed by atoms with E-state index in [0.29, 0.717) is 6.61 Å². The van der Waals surface area contributed by atoms with Gasteiger partial charge in [0.1, 0.15) is 17.1 Å². The summed E-state index contributed by atoms with van der Waals surface area (Å²) in [6.45, 7) is 9.86. The van der Waals surface area contributed by atoms with E-state index in [1.165, 1.54) is 0 Å². The van der Waals surface area contributed by atoms with Crippen molar-refractivity contribution in [2.24, 2.45) is 0 Å². The predicted octanol–water partition coefficient (Wildman–Crippen LogP) is 3.70. The van der Waals surface area contributed by atoms with Gasteiger partial charge in [-0.3, -0.25) is 4.90 Å². The van der Waals surface area contributed by atoms with E-state index in [1.807, 2.05) is 46.8 Å². The Labute approximate surface area is 138 Å². The number of hydrogen-bond donors (Lipinski definition) is 1. The molecule has 1 saturated heterocycles. The molecule has 0 bridgehead atoms. The highest BCUT2D eigenvalue weighted by Crippen LogP contribution is 2.31. The summed E-state index contributed by atoms with van der Waals surface area (Å²) in [5, 5.41) is 9.34. The smallest absolute Gasteiger partial charge is 0.412 e. The third kappa shape index (κ3) is 4.61. The molecule has 5 nitrogen and oxygen atoms in total. The van der Waals surface area contributed by atoms with Crippen LogP contribution in [0, 0.1) is 0 Å². The molecule has 1 amide bonds. The van der Waals surface area contributed by atoms with E-state index in [-0.39, 0.29) is 17.9 Å². The Bertz CT molecular complexity index is 545. The number of ether oxygens (including phenoxy) is 2. The number of rotatable bonds is 3. The van der Waals surface area contributed by atoms with Gasteiger partial charge in [-0.2, -0.15) is 0 Å². The van der Waals surface area contributed by atoms with Crippen molar-refractivity contribution in [3.05, 3.63) is 29.8 Å². The minimum absolute atomic E-state index is 0.0198. The zero-order valence-electron chi connectivity index (χ0n) is 14.6. The second kappa shape index (κ2) is 6.40. The molecule has 0 aliphatic carbocycles. The van der Waals surface area contributed by atoms with Gasteiger partial charge in [-0.1, -0.05) is 12.1 Å². The average Bonchev–Trinajstić information content (AvgIpc) is 2.71. The van der Waals surface area contributed by atoms with Crippen LogP contribution in [0.25, 0.3) is 0 Å². The van der Waals surface area contributed by atoms with Crippen LogP contribution >= 0.6 is 0 Å². The fourth-order valence-corrected chi connectivity index (χ4v) is 2.77. The number of carbonyl (C=O) groups is 1. The molecule has 1 N–H and O–H groups in total. The highest BCUT2D eigenvalue weighted by atomic mass is 16.6. The molecular weight excluding hydrogens is 294 g/mol. The lowest BCUT2D eigenvalue weighted by atomic mass is 10.0. The van der Waals surface area contributed by atoms with Gasteiger partial charge in [0.25, 0.3) is 0 Å². The van der Waals surface area contributed by atoms with Gasteiger partial charge in [0.05, 0.1) is 12.6 Å². The van der Waals surface area contributed by atoms with Gasteiger partial charge in [0.15, 0.2) is 0 Å². The molecule has 0 aromatic heterocycles. The fraction of sp³-hybridized carbons (Fsp3) is 0.611. The summed E-state index contributed by atoms with van der Waals surface area (Å²) in [4.78, 5) is 14.2. The molecule has 5 heteroatoms. The highest BCUT2D eigenvalue weighted by Gasteiger charge is 2.45. The summed E-state index contributed by atoms with van der Waals surface area (Å²) in [5.41, 5.74) is -0.0733. The lowest BCUT2D eigenvalue weighted by Gasteiger charge is -2.35. The first-order chi connectivity index (χ1) is 10.6. The van der Waals surface area contributed by atoms with Crippen LogP contribution in [-0.2, 0) is 15.9 Å². The van der Waals surface area contributed by atoms with Gasteiger partial charge < -0.3 is 14.6 Å². The summed E-state index contributed by atoms with van der Waals surface area (Å²) in [6.07, 6.45) is 1.26. The molecule has 0 spiro atoms. The zero-order chi connectivity index (χ0) is 17.3. The van der Waals surface area contributed by atoms with Crippen LogP contribution in [0.5, 0.6) is 5.75 Å². The molecule has 1 aliphatic heterocycles. The van der Waals surface area contributed by atoms with Crippen molar-refractivity contribution in [1.82, 2.24) is 4.90 Å². The molecule has 128 valence electrons. The van der Waals surface area contributed by atoms with Gasteiger partial charge >= 0.3 is 6.09 Å². The Kier molecular flexibility index (Phi) is 4.90. The first-order valence-electron chi connectivity index (χ1n) is 8.03. The molecule has 1 atom stereocenters. The number of benzene rings is 1. The van der Waals surface area contributed by atoms with Gasteiger partial charge in [-0.15, -0.1) is 0 Å². The van der Waals surface area contributed by atoms with E-state index in [4.69, 9.17) is 9.47 Å². The maximum absolute atomic E-state index is 12.5. The summed E-state index contributed by atoms with van der Waals surface area (Å²) in [5.74, 6) is 0.259. The molecule has 1 aliphatic rings. The quantitative estimate of drug-likeness (QED) is 0.922. The van der Waals surface area contributed by atoms with Crippen LogP contribution in [0.15, 0.2) is 24.3 Å². The maximum atomic E-state index is 12.5. The predicted molar refractivity (Wildman–Crippen MR) is 88.3 cm³/mol. The second-order valence-corrected chi connectivity index (χ2v) is 7.47.